The first-order chi connectivity index (χ1) is 10.1. The zero-order valence-corrected chi connectivity index (χ0v) is 13.4. The van der Waals surface area contributed by atoms with Crippen LogP contribution in [0.15, 0.2) is 18.2 Å². The van der Waals surface area contributed by atoms with E-state index in [1.807, 2.05) is 25.1 Å². The van der Waals surface area contributed by atoms with Crippen molar-refractivity contribution in [3.63, 3.8) is 0 Å². The van der Waals surface area contributed by atoms with E-state index in [0.29, 0.717) is 24.0 Å². The van der Waals surface area contributed by atoms with Gasteiger partial charge in [0, 0.05) is 13.1 Å². The van der Waals surface area contributed by atoms with Crippen molar-refractivity contribution in [2.45, 2.75) is 27.3 Å². The van der Waals surface area contributed by atoms with Crippen LogP contribution in [0, 0.1) is 5.92 Å². The molecule has 0 heterocycles. The van der Waals surface area contributed by atoms with Crippen LogP contribution in [0.1, 0.15) is 26.3 Å². The molecule has 0 unspecified atom stereocenters. The van der Waals surface area contributed by atoms with Gasteiger partial charge in [-0.2, -0.15) is 0 Å². The molecule has 1 rings (SSSR count). The van der Waals surface area contributed by atoms with Crippen LogP contribution in [-0.4, -0.2) is 32.7 Å². The number of likely N-dealkylation sites (N-methyl/N-ethyl adjacent to an activating group) is 1. The quantitative estimate of drug-likeness (QED) is 0.731. The first-order valence-electron chi connectivity index (χ1n) is 7.34. The molecule has 1 aromatic rings. The Morgan fingerprint density at radius 2 is 2.05 bits per heavy atom. The minimum absolute atomic E-state index is 0.00687. The molecule has 0 saturated carbocycles. The Hall–Kier alpha value is -1.75. The van der Waals surface area contributed by atoms with Crippen LogP contribution >= 0.6 is 0 Å². The molecule has 0 radical (unpaired) electrons. The van der Waals surface area contributed by atoms with Gasteiger partial charge in [0.2, 0.25) is 0 Å². The Labute approximate surface area is 127 Å². The van der Waals surface area contributed by atoms with Crippen molar-refractivity contribution >= 4 is 5.91 Å². The number of carbonyl (C=O) groups excluding carboxylic acids is 1. The summed E-state index contributed by atoms with van der Waals surface area (Å²) in [5.74, 6) is 1.69. The maximum Gasteiger partial charge on any atom is 0.257 e. The summed E-state index contributed by atoms with van der Waals surface area (Å²) in [5.41, 5.74) is 1.10. The summed E-state index contributed by atoms with van der Waals surface area (Å²) >= 11 is 0. The first kappa shape index (κ1) is 17.3. The fourth-order valence-corrected chi connectivity index (χ4v) is 1.84. The lowest BCUT2D eigenvalue weighted by molar-refractivity contribution is -0.123. The van der Waals surface area contributed by atoms with E-state index in [-0.39, 0.29) is 12.5 Å². The van der Waals surface area contributed by atoms with Gasteiger partial charge in [0.05, 0.1) is 7.11 Å². The molecule has 0 spiro atoms. The van der Waals surface area contributed by atoms with Crippen molar-refractivity contribution in [1.82, 2.24) is 10.6 Å². The predicted octanol–water partition coefficient (Wildman–Crippen LogP) is 1.96. The lowest BCUT2D eigenvalue weighted by Gasteiger charge is -2.13. The van der Waals surface area contributed by atoms with Gasteiger partial charge in [-0.15, -0.1) is 0 Å². The number of carbonyl (C=O) groups is 1. The Kier molecular flexibility index (Phi) is 7.61. The number of ether oxygens (including phenoxy) is 2. The van der Waals surface area contributed by atoms with E-state index < -0.39 is 0 Å². The summed E-state index contributed by atoms with van der Waals surface area (Å²) < 4.78 is 10.8. The highest BCUT2D eigenvalue weighted by molar-refractivity contribution is 5.77. The van der Waals surface area contributed by atoms with Crippen LogP contribution in [0.25, 0.3) is 0 Å². The molecule has 21 heavy (non-hydrogen) atoms. The molecule has 118 valence electrons. The highest BCUT2D eigenvalue weighted by atomic mass is 16.5. The monoisotopic (exact) mass is 294 g/mol. The van der Waals surface area contributed by atoms with Crippen molar-refractivity contribution in [2.75, 3.05) is 26.8 Å². The number of amides is 1. The third kappa shape index (κ3) is 6.49. The number of nitrogens with one attached hydrogen (secondary N) is 2. The molecule has 0 aliphatic heterocycles. The van der Waals surface area contributed by atoms with Crippen molar-refractivity contribution in [1.29, 1.82) is 0 Å². The van der Waals surface area contributed by atoms with Crippen LogP contribution in [0.4, 0.5) is 0 Å². The van der Waals surface area contributed by atoms with E-state index in [1.54, 1.807) is 7.11 Å². The number of benzene rings is 1. The Bertz CT molecular complexity index is 447. The molecular weight excluding hydrogens is 268 g/mol. The molecule has 5 nitrogen and oxygen atoms in total. The molecule has 1 amide bonds. The molecule has 0 aromatic heterocycles. The van der Waals surface area contributed by atoms with E-state index in [9.17, 15) is 4.79 Å². The van der Waals surface area contributed by atoms with E-state index in [4.69, 9.17) is 9.47 Å². The second-order valence-corrected chi connectivity index (χ2v) is 5.25. The minimum Gasteiger partial charge on any atom is -0.493 e. The molecular formula is C16H26N2O3. The fraction of sp³-hybridized carbons (Fsp3) is 0.562. The summed E-state index contributed by atoms with van der Waals surface area (Å²) in [7, 11) is 1.59. The van der Waals surface area contributed by atoms with Crippen molar-refractivity contribution in [2.24, 2.45) is 5.92 Å². The Morgan fingerprint density at radius 3 is 2.67 bits per heavy atom. The number of hydrogen-bond donors (Lipinski definition) is 2. The topological polar surface area (TPSA) is 59.6 Å². The lowest BCUT2D eigenvalue weighted by Crippen LogP contribution is -2.28. The highest BCUT2D eigenvalue weighted by Gasteiger charge is 2.08. The summed E-state index contributed by atoms with van der Waals surface area (Å²) in [6.07, 6.45) is 0. The zero-order chi connectivity index (χ0) is 15.7. The van der Waals surface area contributed by atoms with Gasteiger partial charge < -0.3 is 20.1 Å². The smallest absolute Gasteiger partial charge is 0.257 e. The highest BCUT2D eigenvalue weighted by Crippen LogP contribution is 2.28. The largest absolute Gasteiger partial charge is 0.493 e. The van der Waals surface area contributed by atoms with Gasteiger partial charge in [0.15, 0.2) is 18.1 Å². The number of hydrogen-bond acceptors (Lipinski definition) is 4. The van der Waals surface area contributed by atoms with Crippen LogP contribution < -0.4 is 20.1 Å². The number of methoxy groups -OCH3 is 1. The third-order valence-corrected chi connectivity index (χ3v) is 2.84. The second-order valence-electron chi connectivity index (χ2n) is 5.25. The average Bonchev–Trinajstić information content (AvgIpc) is 2.45. The van der Waals surface area contributed by atoms with Gasteiger partial charge in [0.1, 0.15) is 0 Å². The van der Waals surface area contributed by atoms with Crippen molar-refractivity contribution in [3.05, 3.63) is 23.8 Å². The van der Waals surface area contributed by atoms with Crippen LogP contribution in [0.5, 0.6) is 11.5 Å². The van der Waals surface area contributed by atoms with Crippen LogP contribution in [0.3, 0.4) is 0 Å². The van der Waals surface area contributed by atoms with Gasteiger partial charge in [-0.05, 0) is 37.1 Å². The maximum absolute atomic E-state index is 11.5. The van der Waals surface area contributed by atoms with Crippen LogP contribution in [0.2, 0.25) is 0 Å². The maximum atomic E-state index is 11.5. The summed E-state index contributed by atoms with van der Waals surface area (Å²) in [4.78, 5) is 11.5. The zero-order valence-electron chi connectivity index (χ0n) is 13.4. The van der Waals surface area contributed by atoms with E-state index in [0.717, 1.165) is 18.7 Å². The van der Waals surface area contributed by atoms with Crippen molar-refractivity contribution < 1.29 is 14.3 Å². The Morgan fingerprint density at radius 1 is 1.29 bits per heavy atom. The normalized spacial score (nSPS) is 10.5. The van der Waals surface area contributed by atoms with Gasteiger partial charge in [-0.3, -0.25) is 4.79 Å². The summed E-state index contributed by atoms with van der Waals surface area (Å²) in [5, 5.41) is 6.07. The summed E-state index contributed by atoms with van der Waals surface area (Å²) in [6.45, 7) is 8.52. The van der Waals surface area contributed by atoms with E-state index in [2.05, 4.69) is 24.5 Å². The molecule has 0 aliphatic carbocycles. The molecule has 1 aromatic carbocycles. The first-order valence-corrected chi connectivity index (χ1v) is 7.34. The molecule has 0 atom stereocenters. The van der Waals surface area contributed by atoms with Gasteiger partial charge >= 0.3 is 0 Å². The fourth-order valence-electron chi connectivity index (χ4n) is 1.84. The molecule has 0 bridgehead atoms. The van der Waals surface area contributed by atoms with Crippen LogP contribution in [-0.2, 0) is 11.3 Å². The SMILES string of the molecule is CCNC(=O)COc1cc(CNCC(C)C)ccc1OC. The number of rotatable bonds is 9. The standard InChI is InChI=1S/C16H26N2O3/c1-5-18-16(19)11-21-15-8-13(6-7-14(15)20-4)10-17-9-12(2)3/h6-8,12,17H,5,9-11H2,1-4H3,(H,18,19). The summed E-state index contributed by atoms with van der Waals surface area (Å²) in [6, 6.07) is 5.76. The third-order valence-electron chi connectivity index (χ3n) is 2.84. The lowest BCUT2D eigenvalue weighted by atomic mass is 10.2. The van der Waals surface area contributed by atoms with E-state index >= 15 is 0 Å². The van der Waals surface area contributed by atoms with E-state index in [1.165, 1.54) is 0 Å². The molecule has 0 aliphatic rings. The van der Waals surface area contributed by atoms with Gasteiger partial charge in [-0.25, -0.2) is 0 Å². The minimum atomic E-state index is -0.136. The average molecular weight is 294 g/mol. The molecule has 0 saturated heterocycles. The molecule has 5 heteroatoms. The predicted molar refractivity (Wildman–Crippen MR) is 83.7 cm³/mol. The van der Waals surface area contributed by atoms with Gasteiger partial charge in [-0.1, -0.05) is 19.9 Å². The second kappa shape index (κ2) is 9.23. The Balaban J connectivity index is 2.64. The molecule has 2 N–H and O–H groups in total. The van der Waals surface area contributed by atoms with Crippen molar-refractivity contribution in [3.8, 4) is 11.5 Å². The molecule has 0 fully saturated rings. The van der Waals surface area contributed by atoms with Gasteiger partial charge in [0.25, 0.3) is 5.91 Å².